The van der Waals surface area contributed by atoms with E-state index < -0.39 is 28.8 Å². The van der Waals surface area contributed by atoms with Gasteiger partial charge < -0.3 is 15.7 Å². The van der Waals surface area contributed by atoms with Crippen LogP contribution in [0.25, 0.3) is 0 Å². The molecule has 3 N–H and O–H groups in total. The van der Waals surface area contributed by atoms with Gasteiger partial charge in [0, 0.05) is 28.9 Å². The van der Waals surface area contributed by atoms with Gasteiger partial charge in [-0.1, -0.05) is 13.8 Å². The van der Waals surface area contributed by atoms with Gasteiger partial charge in [-0.25, -0.2) is 9.59 Å². The molecule has 3 unspecified atom stereocenters. The van der Waals surface area contributed by atoms with Gasteiger partial charge in [-0.3, -0.25) is 4.21 Å². The smallest absolute Gasteiger partial charge is 0.326 e. The Morgan fingerprint density at radius 2 is 1.82 bits per heavy atom. The molecular weight excluding hydrogens is 244 g/mol. The highest BCUT2D eigenvalue weighted by molar-refractivity contribution is 7.84. The zero-order chi connectivity index (χ0) is 13.6. The molecule has 0 spiro atoms. The Labute approximate surface area is 104 Å². The van der Waals surface area contributed by atoms with Gasteiger partial charge in [0.2, 0.25) is 0 Å². The van der Waals surface area contributed by atoms with E-state index in [-0.39, 0.29) is 17.7 Å². The van der Waals surface area contributed by atoms with E-state index >= 15 is 0 Å². The summed E-state index contributed by atoms with van der Waals surface area (Å²) < 4.78 is 11.0. The fraction of sp³-hybridized carbons (Fsp3) is 0.800. The van der Waals surface area contributed by atoms with Crippen LogP contribution in [0, 0.1) is 5.92 Å². The lowest BCUT2D eigenvalue weighted by Gasteiger charge is -2.19. The van der Waals surface area contributed by atoms with Crippen molar-refractivity contribution in [2.24, 2.45) is 5.92 Å². The van der Waals surface area contributed by atoms with Crippen molar-refractivity contribution in [3.8, 4) is 0 Å². The number of carbonyl (C=O) groups is 2. The summed E-state index contributed by atoms with van der Waals surface area (Å²) in [5.41, 5.74) is 0. The van der Waals surface area contributed by atoms with Crippen LogP contribution in [-0.4, -0.2) is 45.4 Å². The maximum absolute atomic E-state index is 11.4. The van der Waals surface area contributed by atoms with Crippen molar-refractivity contribution in [1.82, 2.24) is 10.6 Å². The topological polar surface area (TPSA) is 95.5 Å². The van der Waals surface area contributed by atoms with Crippen LogP contribution in [0.5, 0.6) is 0 Å². The van der Waals surface area contributed by atoms with E-state index in [4.69, 9.17) is 5.11 Å². The van der Waals surface area contributed by atoms with E-state index in [0.29, 0.717) is 0 Å². The molecule has 0 bridgehead atoms. The van der Waals surface area contributed by atoms with Gasteiger partial charge in [-0.15, -0.1) is 0 Å². The summed E-state index contributed by atoms with van der Waals surface area (Å²) in [5.74, 6) is -1.27. The Kier molecular flexibility index (Phi) is 6.79. The molecule has 6 nitrogen and oxygen atoms in total. The molecule has 0 aliphatic heterocycles. The molecular formula is C10H20N2O4S. The molecule has 3 atom stereocenters. The average molecular weight is 264 g/mol. The Morgan fingerprint density at radius 1 is 1.29 bits per heavy atom. The van der Waals surface area contributed by atoms with Gasteiger partial charge >= 0.3 is 12.0 Å². The maximum Gasteiger partial charge on any atom is 0.326 e. The minimum Gasteiger partial charge on any atom is -0.480 e. The van der Waals surface area contributed by atoms with Crippen molar-refractivity contribution in [1.29, 1.82) is 0 Å². The summed E-state index contributed by atoms with van der Waals surface area (Å²) in [6.07, 6.45) is 1.55. The third kappa shape index (κ3) is 6.25. The number of urea groups is 1. The highest BCUT2D eigenvalue weighted by Crippen LogP contribution is 2.01. The second-order valence-electron chi connectivity index (χ2n) is 4.22. The molecule has 17 heavy (non-hydrogen) atoms. The van der Waals surface area contributed by atoms with Crippen LogP contribution in [0.2, 0.25) is 0 Å². The number of amides is 2. The van der Waals surface area contributed by atoms with Crippen molar-refractivity contribution in [2.45, 2.75) is 32.1 Å². The highest BCUT2D eigenvalue weighted by Gasteiger charge is 2.23. The predicted octanol–water partition coefficient (Wildman–Crippen LogP) is 0.162. The van der Waals surface area contributed by atoms with Crippen LogP contribution in [0.4, 0.5) is 4.79 Å². The summed E-state index contributed by atoms with van der Waals surface area (Å²) >= 11 is 0. The van der Waals surface area contributed by atoms with Crippen molar-refractivity contribution >= 4 is 22.8 Å². The molecule has 7 heteroatoms. The van der Waals surface area contributed by atoms with E-state index in [9.17, 15) is 13.8 Å². The summed E-state index contributed by atoms with van der Waals surface area (Å²) in [6.45, 7) is 5.42. The fourth-order valence-electron chi connectivity index (χ4n) is 1.06. The summed E-state index contributed by atoms with van der Waals surface area (Å²) in [4.78, 5) is 22.2. The second-order valence-corrected chi connectivity index (χ2v) is 6.03. The molecule has 0 saturated carbocycles. The first-order valence-corrected chi connectivity index (χ1v) is 6.97. The Bertz CT molecular complexity index is 307. The number of nitrogens with one attached hydrogen (secondary N) is 2. The maximum atomic E-state index is 11.4. The first kappa shape index (κ1) is 15.9. The molecule has 100 valence electrons. The van der Waals surface area contributed by atoms with E-state index in [0.717, 1.165) is 0 Å². The van der Waals surface area contributed by atoms with Crippen LogP contribution in [-0.2, 0) is 15.6 Å². The van der Waals surface area contributed by atoms with Gasteiger partial charge in [-0.2, -0.15) is 0 Å². The van der Waals surface area contributed by atoms with Gasteiger partial charge in [0.1, 0.15) is 6.04 Å². The van der Waals surface area contributed by atoms with Gasteiger partial charge in [0.25, 0.3) is 0 Å². The SMILES string of the molecule is CC(C)C(NC(=O)NCC(C)S(C)=O)C(=O)O. The lowest BCUT2D eigenvalue weighted by Crippen LogP contribution is -2.49. The number of hydrogen-bond acceptors (Lipinski definition) is 3. The monoisotopic (exact) mass is 264 g/mol. The molecule has 0 aromatic carbocycles. The average Bonchev–Trinajstić information content (AvgIpc) is 2.21. The minimum atomic E-state index is -1.07. The molecule has 0 heterocycles. The van der Waals surface area contributed by atoms with Crippen LogP contribution in [0.15, 0.2) is 0 Å². The van der Waals surface area contributed by atoms with Crippen molar-refractivity contribution in [3.05, 3.63) is 0 Å². The van der Waals surface area contributed by atoms with Crippen LogP contribution in [0.3, 0.4) is 0 Å². The van der Waals surface area contributed by atoms with Crippen LogP contribution >= 0.6 is 0 Å². The summed E-state index contributed by atoms with van der Waals surface area (Å²) in [7, 11) is -1.02. The van der Waals surface area contributed by atoms with Crippen LogP contribution in [0.1, 0.15) is 20.8 Å². The molecule has 0 saturated heterocycles. The summed E-state index contributed by atoms with van der Waals surface area (Å²) in [5, 5.41) is 13.6. The normalized spacial score (nSPS) is 16.1. The number of carbonyl (C=O) groups excluding carboxylic acids is 1. The number of rotatable bonds is 6. The third-order valence-corrected chi connectivity index (χ3v) is 3.64. The van der Waals surface area contributed by atoms with E-state index in [1.54, 1.807) is 27.0 Å². The van der Waals surface area contributed by atoms with E-state index in [1.165, 1.54) is 0 Å². The first-order chi connectivity index (χ1) is 7.75. The van der Waals surface area contributed by atoms with Crippen molar-refractivity contribution in [3.63, 3.8) is 0 Å². The standard InChI is InChI=1S/C10H20N2O4S/c1-6(2)8(9(13)14)12-10(15)11-5-7(3)17(4)16/h6-8H,5H2,1-4H3,(H,13,14)(H2,11,12,15). The summed E-state index contributed by atoms with van der Waals surface area (Å²) in [6, 6.07) is -1.47. The van der Waals surface area contributed by atoms with Gasteiger partial charge in [0.05, 0.1) is 0 Å². The minimum absolute atomic E-state index is 0.164. The Morgan fingerprint density at radius 3 is 2.18 bits per heavy atom. The van der Waals surface area contributed by atoms with Gasteiger partial charge in [-0.05, 0) is 12.8 Å². The predicted molar refractivity (Wildman–Crippen MR) is 66.3 cm³/mol. The van der Waals surface area contributed by atoms with E-state index in [2.05, 4.69) is 10.6 Å². The van der Waals surface area contributed by atoms with Crippen molar-refractivity contribution < 1.29 is 18.9 Å². The van der Waals surface area contributed by atoms with Gasteiger partial charge in [0.15, 0.2) is 0 Å². The fourth-order valence-corrected chi connectivity index (χ4v) is 1.38. The number of carboxylic acids is 1. The zero-order valence-electron chi connectivity index (χ0n) is 10.5. The molecule has 0 fully saturated rings. The highest BCUT2D eigenvalue weighted by atomic mass is 32.2. The number of hydrogen-bond donors (Lipinski definition) is 3. The zero-order valence-corrected chi connectivity index (χ0v) is 11.3. The first-order valence-electron chi connectivity index (χ1n) is 5.35. The molecule has 0 aromatic heterocycles. The quantitative estimate of drug-likeness (QED) is 0.637. The van der Waals surface area contributed by atoms with E-state index in [1.807, 2.05) is 0 Å². The number of aliphatic carboxylic acids is 1. The molecule has 0 aliphatic rings. The molecule has 0 rings (SSSR count). The molecule has 0 radical (unpaired) electrons. The Hall–Kier alpha value is -1.11. The molecule has 2 amide bonds. The second kappa shape index (κ2) is 7.26. The lowest BCUT2D eigenvalue weighted by molar-refractivity contribution is -0.140. The van der Waals surface area contributed by atoms with Crippen molar-refractivity contribution in [2.75, 3.05) is 12.8 Å². The Balaban J connectivity index is 4.16. The van der Waals surface area contributed by atoms with Crippen LogP contribution < -0.4 is 10.6 Å². The largest absolute Gasteiger partial charge is 0.480 e. The molecule has 0 aliphatic carbocycles. The molecule has 0 aromatic rings. The third-order valence-electron chi connectivity index (χ3n) is 2.34. The lowest BCUT2D eigenvalue weighted by atomic mass is 10.1. The number of carboxylic acid groups (broad SMARTS) is 1.